The van der Waals surface area contributed by atoms with Crippen LogP contribution >= 0.6 is 0 Å². The number of nitrogens with zero attached hydrogens (tertiary/aromatic N) is 2. The molecule has 8 heteroatoms. The third kappa shape index (κ3) is 3.97. The van der Waals surface area contributed by atoms with Crippen LogP contribution in [-0.2, 0) is 0 Å². The normalized spacial score (nSPS) is 10.5. The first-order valence-corrected chi connectivity index (χ1v) is 7.56. The predicted octanol–water partition coefficient (Wildman–Crippen LogP) is 4.20. The molecule has 2 N–H and O–H groups in total. The Morgan fingerprint density at radius 3 is 2.42 bits per heavy atom. The number of carbonyl (C=O) groups is 1. The zero-order valence-electron chi connectivity index (χ0n) is 13.6. The Morgan fingerprint density at radius 2 is 1.69 bits per heavy atom. The minimum Gasteiger partial charge on any atom is -0.338 e. The molecule has 1 aromatic heterocycles. The Kier molecular flexibility index (Phi) is 4.83. The van der Waals surface area contributed by atoms with Crippen molar-refractivity contribution in [2.45, 2.75) is 6.92 Å². The molecule has 0 unspecified atom stereocenters. The van der Waals surface area contributed by atoms with Gasteiger partial charge in [0, 0.05) is 17.8 Å². The van der Waals surface area contributed by atoms with E-state index in [0.29, 0.717) is 0 Å². The number of hydrogen-bond acceptors (Lipinski definition) is 4. The van der Waals surface area contributed by atoms with Gasteiger partial charge in [0.2, 0.25) is 0 Å². The molecule has 2 aromatic carbocycles. The minimum absolute atomic E-state index is 0.0129. The van der Waals surface area contributed by atoms with Crippen LogP contribution in [-0.4, -0.2) is 15.9 Å². The van der Waals surface area contributed by atoms with Crippen LogP contribution in [0, 0.1) is 24.4 Å². The highest BCUT2D eigenvalue weighted by Gasteiger charge is 2.13. The molecule has 0 aliphatic heterocycles. The maximum atomic E-state index is 13.7. The van der Waals surface area contributed by atoms with E-state index in [-0.39, 0.29) is 28.7 Å². The number of aryl methyl sites for hydroxylation is 1. The highest BCUT2D eigenvalue weighted by molar-refractivity contribution is 6.03. The van der Waals surface area contributed by atoms with Gasteiger partial charge >= 0.3 is 0 Å². The zero-order valence-corrected chi connectivity index (χ0v) is 13.6. The van der Waals surface area contributed by atoms with Gasteiger partial charge in [-0.1, -0.05) is 12.1 Å². The van der Waals surface area contributed by atoms with E-state index in [0.717, 1.165) is 12.1 Å². The first-order chi connectivity index (χ1) is 12.4. The summed E-state index contributed by atoms with van der Waals surface area (Å²) in [7, 11) is 0. The van der Waals surface area contributed by atoms with Crippen LogP contribution in [0.2, 0.25) is 0 Å². The number of carbonyl (C=O) groups excluding carboxylic acids is 1. The van der Waals surface area contributed by atoms with Gasteiger partial charge in [-0.3, -0.25) is 4.79 Å². The highest BCUT2D eigenvalue weighted by Crippen LogP contribution is 2.19. The maximum absolute atomic E-state index is 13.7. The van der Waals surface area contributed by atoms with E-state index < -0.39 is 23.4 Å². The van der Waals surface area contributed by atoms with Crippen molar-refractivity contribution in [1.29, 1.82) is 0 Å². The second kappa shape index (κ2) is 7.22. The lowest BCUT2D eigenvalue weighted by Crippen LogP contribution is -2.15. The molecule has 0 atom stereocenters. The first kappa shape index (κ1) is 17.4. The molecule has 3 rings (SSSR count). The summed E-state index contributed by atoms with van der Waals surface area (Å²) >= 11 is 0. The van der Waals surface area contributed by atoms with Gasteiger partial charge in [0.15, 0.2) is 11.6 Å². The number of aromatic nitrogens is 2. The summed E-state index contributed by atoms with van der Waals surface area (Å²) in [5.74, 6) is -2.71. The van der Waals surface area contributed by atoms with Gasteiger partial charge in [-0.15, -0.1) is 0 Å². The van der Waals surface area contributed by atoms with Crippen LogP contribution in [0.4, 0.5) is 30.4 Å². The Labute approximate surface area is 146 Å². The quantitative estimate of drug-likeness (QED) is 0.734. The summed E-state index contributed by atoms with van der Waals surface area (Å²) in [6, 6.07) is 10.3. The second-order valence-corrected chi connectivity index (χ2v) is 5.37. The average molecular weight is 358 g/mol. The van der Waals surface area contributed by atoms with E-state index in [1.54, 1.807) is 19.1 Å². The van der Waals surface area contributed by atoms with Crippen molar-refractivity contribution in [2.75, 3.05) is 10.6 Å². The second-order valence-electron chi connectivity index (χ2n) is 5.37. The van der Waals surface area contributed by atoms with E-state index in [1.165, 1.54) is 24.3 Å². The van der Waals surface area contributed by atoms with Crippen LogP contribution < -0.4 is 10.6 Å². The van der Waals surface area contributed by atoms with Gasteiger partial charge in [0.25, 0.3) is 5.91 Å². The van der Waals surface area contributed by atoms with Crippen LogP contribution in [0.15, 0.2) is 48.5 Å². The molecule has 0 saturated heterocycles. The van der Waals surface area contributed by atoms with E-state index in [2.05, 4.69) is 20.6 Å². The van der Waals surface area contributed by atoms with Crippen molar-refractivity contribution in [3.63, 3.8) is 0 Å². The molecule has 0 aliphatic rings. The standard InChI is InChI=1S/C18H13F3N4O/c1-10-22-16(18(26)24-11-6-7-12(19)14(21)8-11)9-17(23-10)25-15-5-3-2-4-13(15)20/h2-9H,1H3,(H,24,26)(H,22,23,25). The molecular weight excluding hydrogens is 345 g/mol. The molecule has 1 amide bonds. The molecule has 0 saturated carbocycles. The smallest absolute Gasteiger partial charge is 0.274 e. The zero-order chi connectivity index (χ0) is 18.7. The molecule has 0 radical (unpaired) electrons. The van der Waals surface area contributed by atoms with E-state index in [1.807, 2.05) is 0 Å². The highest BCUT2D eigenvalue weighted by atomic mass is 19.2. The fourth-order valence-corrected chi connectivity index (χ4v) is 2.22. The maximum Gasteiger partial charge on any atom is 0.274 e. The number of nitrogens with one attached hydrogen (secondary N) is 2. The SMILES string of the molecule is Cc1nc(Nc2ccccc2F)cc(C(=O)Nc2ccc(F)c(F)c2)n1. The molecular formula is C18H13F3N4O. The monoisotopic (exact) mass is 358 g/mol. The van der Waals surface area contributed by atoms with Crippen LogP contribution in [0.5, 0.6) is 0 Å². The predicted molar refractivity (Wildman–Crippen MR) is 90.8 cm³/mol. The van der Waals surface area contributed by atoms with Crippen molar-refractivity contribution in [2.24, 2.45) is 0 Å². The van der Waals surface area contributed by atoms with E-state index in [9.17, 15) is 18.0 Å². The Bertz CT molecular complexity index is 978. The van der Waals surface area contributed by atoms with Gasteiger partial charge in [-0.05, 0) is 31.2 Å². The van der Waals surface area contributed by atoms with E-state index >= 15 is 0 Å². The Balaban J connectivity index is 1.83. The van der Waals surface area contributed by atoms with Crippen LogP contribution in [0.1, 0.15) is 16.3 Å². The molecule has 26 heavy (non-hydrogen) atoms. The number of hydrogen-bond donors (Lipinski definition) is 2. The van der Waals surface area contributed by atoms with Gasteiger partial charge in [0.1, 0.15) is 23.2 Å². The van der Waals surface area contributed by atoms with Crippen molar-refractivity contribution in [3.05, 3.63) is 77.5 Å². The molecule has 5 nitrogen and oxygen atoms in total. The largest absolute Gasteiger partial charge is 0.338 e. The summed E-state index contributed by atoms with van der Waals surface area (Å²) in [4.78, 5) is 20.4. The fourth-order valence-electron chi connectivity index (χ4n) is 2.22. The number of rotatable bonds is 4. The van der Waals surface area contributed by atoms with Gasteiger partial charge in [-0.2, -0.15) is 0 Å². The number of anilines is 3. The van der Waals surface area contributed by atoms with Gasteiger partial charge < -0.3 is 10.6 Å². The number of amides is 1. The average Bonchev–Trinajstić information content (AvgIpc) is 2.60. The molecule has 0 spiro atoms. The van der Waals surface area contributed by atoms with Crippen molar-refractivity contribution in [1.82, 2.24) is 9.97 Å². The molecule has 3 aromatic rings. The number of benzene rings is 2. The minimum atomic E-state index is -1.08. The molecule has 0 fully saturated rings. The molecule has 0 bridgehead atoms. The Morgan fingerprint density at radius 1 is 0.923 bits per heavy atom. The first-order valence-electron chi connectivity index (χ1n) is 7.56. The summed E-state index contributed by atoms with van der Waals surface area (Å²) in [5, 5.41) is 5.19. The lowest BCUT2D eigenvalue weighted by atomic mass is 10.2. The summed E-state index contributed by atoms with van der Waals surface area (Å²) in [6.07, 6.45) is 0. The van der Waals surface area contributed by atoms with Gasteiger partial charge in [-0.25, -0.2) is 23.1 Å². The van der Waals surface area contributed by atoms with Crippen LogP contribution in [0.3, 0.4) is 0 Å². The summed E-state index contributed by atoms with van der Waals surface area (Å²) in [6.45, 7) is 1.57. The molecule has 1 heterocycles. The number of para-hydroxylation sites is 1. The van der Waals surface area contributed by atoms with E-state index in [4.69, 9.17) is 0 Å². The van der Waals surface area contributed by atoms with Crippen molar-refractivity contribution >= 4 is 23.1 Å². The van der Waals surface area contributed by atoms with Gasteiger partial charge in [0.05, 0.1) is 5.69 Å². The number of halogens is 3. The summed E-state index contributed by atoms with van der Waals surface area (Å²) in [5.41, 5.74) is 0.257. The lowest BCUT2D eigenvalue weighted by molar-refractivity contribution is 0.102. The third-order valence-corrected chi connectivity index (χ3v) is 3.38. The summed E-state index contributed by atoms with van der Waals surface area (Å²) < 4.78 is 39.9. The molecule has 132 valence electrons. The topological polar surface area (TPSA) is 66.9 Å². The van der Waals surface area contributed by atoms with Crippen LogP contribution in [0.25, 0.3) is 0 Å². The fraction of sp³-hybridized carbons (Fsp3) is 0.0556. The molecule has 0 aliphatic carbocycles. The van der Waals surface area contributed by atoms with Crippen molar-refractivity contribution in [3.8, 4) is 0 Å². The Hall–Kier alpha value is -3.42. The lowest BCUT2D eigenvalue weighted by Gasteiger charge is -2.10. The third-order valence-electron chi connectivity index (χ3n) is 3.38. The van der Waals surface area contributed by atoms with Crippen molar-refractivity contribution < 1.29 is 18.0 Å².